The van der Waals surface area contributed by atoms with Gasteiger partial charge in [0.25, 0.3) is 0 Å². The lowest BCUT2D eigenvalue weighted by molar-refractivity contribution is 0.0213. The van der Waals surface area contributed by atoms with Crippen molar-refractivity contribution >= 4 is 44.5 Å². The molecule has 3 aromatic rings. The Bertz CT molecular complexity index is 1260. The molecule has 1 aromatic heterocycles. The predicted molar refractivity (Wildman–Crippen MR) is 127 cm³/mol. The first-order valence-electron chi connectivity index (χ1n) is 10.7. The Labute approximate surface area is 194 Å². The fraction of sp³-hybridized carbons (Fsp3) is 0.292. The first-order valence-corrected chi connectivity index (χ1v) is 11.5. The standard InChI is InChI=1S/C24H23N3O5S/c1-30-23(28)15-6-7-18-17(14-15)21(26-32-13-10-27-8-11-31-12-9-27)22(25-18)20-16-4-2-3-5-19(16)33-24(20)29/h2-7,14,29H,8-13H2,1H3/b26-21+. The molecule has 0 radical (unpaired) electrons. The highest BCUT2D eigenvalue weighted by atomic mass is 32.1. The first-order chi connectivity index (χ1) is 16.2. The van der Waals surface area contributed by atoms with Crippen LogP contribution in [0.5, 0.6) is 5.06 Å². The zero-order chi connectivity index (χ0) is 22.8. The lowest BCUT2D eigenvalue weighted by atomic mass is 9.99. The van der Waals surface area contributed by atoms with Crippen LogP contribution in [0, 0.1) is 0 Å². The molecule has 1 N–H and O–H groups in total. The van der Waals surface area contributed by atoms with E-state index in [-0.39, 0.29) is 5.06 Å². The second-order valence-corrected chi connectivity index (χ2v) is 8.72. The Kier molecular flexibility index (Phi) is 6.08. The van der Waals surface area contributed by atoms with Crippen molar-refractivity contribution < 1.29 is 24.2 Å². The molecular formula is C24H23N3O5S. The minimum absolute atomic E-state index is 0.164. The smallest absolute Gasteiger partial charge is 0.337 e. The lowest BCUT2D eigenvalue weighted by Crippen LogP contribution is -2.38. The molecule has 33 heavy (non-hydrogen) atoms. The topological polar surface area (TPSA) is 93.0 Å². The molecule has 9 heteroatoms. The number of methoxy groups -OCH3 is 1. The van der Waals surface area contributed by atoms with Gasteiger partial charge in [-0.15, -0.1) is 0 Å². The van der Waals surface area contributed by atoms with Crippen LogP contribution in [0.1, 0.15) is 21.5 Å². The summed E-state index contributed by atoms with van der Waals surface area (Å²) in [5, 5.41) is 16.2. The molecule has 2 aliphatic heterocycles. The fourth-order valence-electron chi connectivity index (χ4n) is 4.00. The van der Waals surface area contributed by atoms with Crippen molar-refractivity contribution in [2.45, 2.75) is 0 Å². The third kappa shape index (κ3) is 4.22. The van der Waals surface area contributed by atoms with E-state index >= 15 is 0 Å². The number of oxime groups is 1. The van der Waals surface area contributed by atoms with E-state index in [0.717, 1.165) is 42.9 Å². The number of hydrogen-bond acceptors (Lipinski definition) is 9. The number of benzene rings is 2. The van der Waals surface area contributed by atoms with Gasteiger partial charge in [0, 0.05) is 35.3 Å². The number of ether oxygens (including phenoxy) is 2. The number of rotatable bonds is 6. The van der Waals surface area contributed by atoms with Crippen LogP contribution in [0.25, 0.3) is 10.1 Å². The molecular weight excluding hydrogens is 442 g/mol. The van der Waals surface area contributed by atoms with Crippen molar-refractivity contribution in [3.8, 4) is 5.06 Å². The molecule has 2 aromatic carbocycles. The maximum Gasteiger partial charge on any atom is 0.337 e. The van der Waals surface area contributed by atoms with E-state index in [1.54, 1.807) is 18.2 Å². The van der Waals surface area contributed by atoms with Crippen LogP contribution in [0.3, 0.4) is 0 Å². The number of esters is 1. The zero-order valence-corrected chi connectivity index (χ0v) is 18.9. The van der Waals surface area contributed by atoms with Gasteiger partial charge in [-0.2, -0.15) is 0 Å². The monoisotopic (exact) mass is 465 g/mol. The normalized spacial score (nSPS) is 17.2. The van der Waals surface area contributed by atoms with Crippen LogP contribution in [0.4, 0.5) is 5.69 Å². The van der Waals surface area contributed by atoms with Crippen molar-refractivity contribution in [2.75, 3.05) is 46.6 Å². The zero-order valence-electron chi connectivity index (χ0n) is 18.1. The van der Waals surface area contributed by atoms with Crippen molar-refractivity contribution in [3.63, 3.8) is 0 Å². The summed E-state index contributed by atoms with van der Waals surface area (Å²) in [5.74, 6) is -0.442. The van der Waals surface area contributed by atoms with Gasteiger partial charge in [0.05, 0.1) is 37.1 Å². The Morgan fingerprint density at radius 2 is 2.06 bits per heavy atom. The number of carbonyl (C=O) groups excluding carboxylic acids is 1. The minimum Gasteiger partial charge on any atom is -0.499 e. The highest BCUT2D eigenvalue weighted by Gasteiger charge is 2.30. The molecule has 0 saturated carbocycles. The third-order valence-corrected chi connectivity index (χ3v) is 6.67. The maximum atomic E-state index is 12.1. The Balaban J connectivity index is 1.49. The molecule has 0 unspecified atom stereocenters. The average molecular weight is 466 g/mol. The van der Waals surface area contributed by atoms with Crippen LogP contribution in [0.2, 0.25) is 0 Å². The van der Waals surface area contributed by atoms with Crippen LogP contribution in [0.15, 0.2) is 52.6 Å². The number of carbonyl (C=O) groups is 1. The van der Waals surface area contributed by atoms with Gasteiger partial charge in [-0.1, -0.05) is 34.7 Å². The van der Waals surface area contributed by atoms with Crippen molar-refractivity contribution in [1.82, 2.24) is 4.90 Å². The minimum atomic E-state index is -0.442. The van der Waals surface area contributed by atoms with E-state index in [9.17, 15) is 9.90 Å². The number of fused-ring (bicyclic) bond motifs is 2. The van der Waals surface area contributed by atoms with Gasteiger partial charge < -0.3 is 19.4 Å². The highest BCUT2D eigenvalue weighted by Crippen LogP contribution is 2.41. The molecule has 0 atom stereocenters. The van der Waals surface area contributed by atoms with Gasteiger partial charge in [-0.05, 0) is 24.3 Å². The van der Waals surface area contributed by atoms with Crippen LogP contribution >= 0.6 is 11.3 Å². The molecule has 2 aliphatic rings. The predicted octanol–water partition coefficient (Wildman–Crippen LogP) is 3.58. The summed E-state index contributed by atoms with van der Waals surface area (Å²) < 4.78 is 11.2. The van der Waals surface area contributed by atoms with Gasteiger partial charge in [0.2, 0.25) is 0 Å². The van der Waals surface area contributed by atoms with E-state index < -0.39 is 5.97 Å². The van der Waals surface area contributed by atoms with E-state index in [1.165, 1.54) is 18.4 Å². The number of nitrogens with zero attached hydrogens (tertiary/aromatic N) is 3. The average Bonchev–Trinajstić information content (AvgIpc) is 3.37. The Hall–Kier alpha value is -3.27. The molecule has 170 valence electrons. The summed E-state index contributed by atoms with van der Waals surface area (Å²) >= 11 is 1.29. The Morgan fingerprint density at radius 3 is 2.88 bits per heavy atom. The van der Waals surface area contributed by atoms with Gasteiger partial charge in [0.1, 0.15) is 18.0 Å². The van der Waals surface area contributed by atoms with E-state index in [4.69, 9.17) is 19.3 Å². The summed E-state index contributed by atoms with van der Waals surface area (Å²) in [4.78, 5) is 24.8. The van der Waals surface area contributed by atoms with E-state index in [2.05, 4.69) is 10.1 Å². The van der Waals surface area contributed by atoms with Gasteiger partial charge in [-0.25, -0.2) is 9.79 Å². The van der Waals surface area contributed by atoms with Crippen LogP contribution in [-0.4, -0.2) is 74.0 Å². The quantitative estimate of drug-likeness (QED) is 0.340. The number of hydrogen-bond donors (Lipinski definition) is 1. The summed E-state index contributed by atoms with van der Waals surface area (Å²) in [6.45, 7) is 4.31. The lowest BCUT2D eigenvalue weighted by Gasteiger charge is -2.25. The van der Waals surface area contributed by atoms with Gasteiger partial charge in [-0.3, -0.25) is 4.90 Å². The largest absolute Gasteiger partial charge is 0.499 e. The molecule has 5 rings (SSSR count). The highest BCUT2D eigenvalue weighted by molar-refractivity contribution is 7.21. The molecule has 8 nitrogen and oxygen atoms in total. The molecule has 0 aliphatic carbocycles. The third-order valence-electron chi connectivity index (χ3n) is 5.70. The Morgan fingerprint density at radius 1 is 1.24 bits per heavy atom. The first kappa shape index (κ1) is 21.6. The molecule has 1 fully saturated rings. The van der Waals surface area contributed by atoms with Crippen LogP contribution < -0.4 is 0 Å². The van der Waals surface area contributed by atoms with Crippen molar-refractivity contribution in [2.24, 2.45) is 10.1 Å². The number of aromatic hydroxyl groups is 1. The number of aliphatic imine (C=N–C) groups is 1. The fourth-order valence-corrected chi connectivity index (χ4v) is 4.95. The van der Waals surface area contributed by atoms with Crippen LogP contribution in [-0.2, 0) is 14.3 Å². The van der Waals surface area contributed by atoms with E-state index in [1.807, 2.05) is 24.3 Å². The second-order valence-electron chi connectivity index (χ2n) is 7.69. The maximum absolute atomic E-state index is 12.1. The summed E-state index contributed by atoms with van der Waals surface area (Å²) in [6.07, 6.45) is 0. The molecule has 0 spiro atoms. The molecule has 3 heterocycles. The molecule has 1 saturated heterocycles. The van der Waals surface area contributed by atoms with Crippen molar-refractivity contribution in [1.29, 1.82) is 0 Å². The molecule has 0 amide bonds. The summed E-state index contributed by atoms with van der Waals surface area (Å²) in [5.41, 5.74) is 3.33. The number of morpholine rings is 1. The van der Waals surface area contributed by atoms with E-state index in [0.29, 0.717) is 40.4 Å². The van der Waals surface area contributed by atoms with Gasteiger partial charge >= 0.3 is 5.97 Å². The number of thiophene rings is 1. The van der Waals surface area contributed by atoms with Gasteiger partial charge in [0.15, 0.2) is 5.06 Å². The molecule has 0 bridgehead atoms. The second kappa shape index (κ2) is 9.30. The summed E-state index contributed by atoms with van der Waals surface area (Å²) in [7, 11) is 1.34. The summed E-state index contributed by atoms with van der Waals surface area (Å²) in [6, 6.07) is 12.9. The van der Waals surface area contributed by atoms with Crippen molar-refractivity contribution in [3.05, 3.63) is 59.2 Å². The SMILES string of the molecule is COC(=O)c1ccc2c(c1)/C(=N\OCCN1CCOCC1)C(c1c(O)sc3ccccc13)=N2.